The molecule has 2 saturated heterocycles. The molecule has 1 unspecified atom stereocenters. The molecule has 2 aliphatic rings. The summed E-state index contributed by atoms with van der Waals surface area (Å²) < 4.78 is 5.47. The Morgan fingerprint density at radius 1 is 1.47 bits per heavy atom. The van der Waals surface area contributed by atoms with Gasteiger partial charge in [-0.05, 0) is 43.6 Å². The normalized spacial score (nSPS) is 26.1. The fourth-order valence-corrected chi connectivity index (χ4v) is 3.31. The lowest BCUT2D eigenvalue weighted by molar-refractivity contribution is -0.0883. The van der Waals surface area contributed by atoms with Gasteiger partial charge in [-0.15, -0.1) is 0 Å². The van der Waals surface area contributed by atoms with E-state index in [0.717, 1.165) is 25.1 Å². The fraction of sp³-hybridized carbons (Fsp3) is 0.533. The molecule has 1 aromatic rings. The molecule has 0 spiro atoms. The van der Waals surface area contributed by atoms with Crippen LogP contribution in [0.25, 0.3) is 0 Å². The number of carbonyl (C=O) groups is 1. The minimum absolute atomic E-state index is 0.0240. The molecule has 0 bridgehead atoms. The molecule has 2 fully saturated rings. The van der Waals surface area contributed by atoms with Crippen molar-refractivity contribution in [3.05, 3.63) is 35.4 Å². The highest BCUT2D eigenvalue weighted by molar-refractivity contribution is 5.87. The predicted octanol–water partition coefficient (Wildman–Crippen LogP) is 1.60. The first-order valence-electron chi connectivity index (χ1n) is 6.72. The monoisotopic (exact) mass is 261 g/mol. The van der Waals surface area contributed by atoms with Crippen LogP contribution in [0.2, 0.25) is 0 Å². The van der Waals surface area contributed by atoms with E-state index in [-0.39, 0.29) is 5.41 Å². The van der Waals surface area contributed by atoms with Gasteiger partial charge in [-0.25, -0.2) is 4.79 Å². The van der Waals surface area contributed by atoms with E-state index in [9.17, 15) is 4.79 Å². The first-order valence-corrected chi connectivity index (χ1v) is 6.72. The molecular weight excluding hydrogens is 242 g/mol. The Labute approximate surface area is 113 Å². The Morgan fingerprint density at radius 3 is 2.79 bits per heavy atom. The van der Waals surface area contributed by atoms with Gasteiger partial charge in [0, 0.05) is 12.0 Å². The van der Waals surface area contributed by atoms with Crippen molar-refractivity contribution in [2.75, 3.05) is 33.4 Å². The molecule has 4 nitrogen and oxygen atoms in total. The van der Waals surface area contributed by atoms with Crippen molar-refractivity contribution in [3.8, 4) is 0 Å². The maximum atomic E-state index is 11.1. The number of hydrogen-bond donors (Lipinski definition) is 1. The quantitative estimate of drug-likeness (QED) is 0.898. The summed E-state index contributed by atoms with van der Waals surface area (Å²) in [7, 11) is 2.14. The van der Waals surface area contributed by atoms with Crippen LogP contribution in [-0.2, 0) is 10.2 Å². The van der Waals surface area contributed by atoms with Gasteiger partial charge in [-0.2, -0.15) is 0 Å². The molecule has 0 saturated carbocycles. The van der Waals surface area contributed by atoms with E-state index in [4.69, 9.17) is 9.84 Å². The zero-order valence-corrected chi connectivity index (χ0v) is 11.1. The van der Waals surface area contributed by atoms with Gasteiger partial charge in [0.15, 0.2) is 0 Å². The molecule has 2 heterocycles. The van der Waals surface area contributed by atoms with Crippen molar-refractivity contribution in [2.24, 2.45) is 5.92 Å². The predicted molar refractivity (Wildman–Crippen MR) is 71.5 cm³/mol. The summed E-state index contributed by atoms with van der Waals surface area (Å²) in [5.41, 5.74) is 1.52. The van der Waals surface area contributed by atoms with E-state index in [2.05, 4.69) is 11.9 Å². The molecule has 2 aliphatic heterocycles. The summed E-state index contributed by atoms with van der Waals surface area (Å²) in [6, 6.07) is 7.37. The Kier molecular flexibility index (Phi) is 3.07. The van der Waals surface area contributed by atoms with E-state index in [1.54, 1.807) is 6.07 Å². The Bertz CT molecular complexity index is 496. The average molecular weight is 261 g/mol. The molecule has 1 atom stereocenters. The molecule has 102 valence electrons. The number of ether oxygens (including phenoxy) is 1. The van der Waals surface area contributed by atoms with Gasteiger partial charge in [0.05, 0.1) is 18.8 Å². The molecule has 1 aromatic carbocycles. The van der Waals surface area contributed by atoms with Crippen molar-refractivity contribution in [1.29, 1.82) is 0 Å². The van der Waals surface area contributed by atoms with Crippen LogP contribution >= 0.6 is 0 Å². The second-order valence-corrected chi connectivity index (χ2v) is 5.78. The minimum Gasteiger partial charge on any atom is -0.478 e. The van der Waals surface area contributed by atoms with Crippen LogP contribution in [-0.4, -0.2) is 49.3 Å². The summed E-state index contributed by atoms with van der Waals surface area (Å²) in [6.45, 7) is 3.62. The highest BCUT2D eigenvalue weighted by Crippen LogP contribution is 2.43. The molecular formula is C15H19NO3. The van der Waals surface area contributed by atoms with Crippen molar-refractivity contribution < 1.29 is 14.6 Å². The lowest BCUT2D eigenvalue weighted by Gasteiger charge is -2.46. The Hall–Kier alpha value is -1.39. The van der Waals surface area contributed by atoms with Crippen LogP contribution in [0, 0.1) is 5.92 Å². The summed E-state index contributed by atoms with van der Waals surface area (Å²) >= 11 is 0. The third-order valence-electron chi connectivity index (χ3n) is 4.58. The average Bonchev–Trinajstić information content (AvgIpc) is 2.75. The zero-order valence-electron chi connectivity index (χ0n) is 11.1. The van der Waals surface area contributed by atoms with Gasteiger partial charge in [-0.3, -0.25) is 0 Å². The third kappa shape index (κ3) is 2.05. The highest BCUT2D eigenvalue weighted by atomic mass is 16.5. The van der Waals surface area contributed by atoms with E-state index >= 15 is 0 Å². The molecule has 0 aliphatic carbocycles. The van der Waals surface area contributed by atoms with E-state index in [0.29, 0.717) is 24.7 Å². The smallest absolute Gasteiger partial charge is 0.335 e. The minimum atomic E-state index is -0.860. The van der Waals surface area contributed by atoms with Gasteiger partial charge < -0.3 is 14.7 Å². The number of carboxylic acid groups (broad SMARTS) is 1. The molecule has 4 heteroatoms. The first-order chi connectivity index (χ1) is 9.12. The van der Waals surface area contributed by atoms with Crippen molar-refractivity contribution in [1.82, 2.24) is 4.90 Å². The standard InChI is InChI=1S/C15H19NO3/c1-16-6-5-13(8-16)15(9-19-10-15)12-4-2-3-11(7-12)14(17)18/h2-4,7,13H,5-6,8-10H2,1H3,(H,17,18). The second kappa shape index (κ2) is 4.62. The second-order valence-electron chi connectivity index (χ2n) is 5.78. The van der Waals surface area contributed by atoms with E-state index in [1.807, 2.05) is 18.2 Å². The lowest BCUT2D eigenvalue weighted by atomic mass is 9.68. The molecule has 0 radical (unpaired) electrons. The largest absolute Gasteiger partial charge is 0.478 e. The van der Waals surface area contributed by atoms with Crippen molar-refractivity contribution in [2.45, 2.75) is 11.8 Å². The SMILES string of the molecule is CN1CCC(C2(c3cccc(C(=O)O)c3)COC2)C1. The maximum Gasteiger partial charge on any atom is 0.335 e. The maximum absolute atomic E-state index is 11.1. The van der Waals surface area contributed by atoms with Crippen LogP contribution < -0.4 is 0 Å². The lowest BCUT2D eigenvalue weighted by Crippen LogP contribution is -2.53. The Balaban J connectivity index is 1.93. The van der Waals surface area contributed by atoms with Gasteiger partial charge in [0.1, 0.15) is 0 Å². The van der Waals surface area contributed by atoms with Gasteiger partial charge >= 0.3 is 5.97 Å². The summed E-state index contributed by atoms with van der Waals surface area (Å²) in [5.74, 6) is -0.295. The van der Waals surface area contributed by atoms with Crippen molar-refractivity contribution >= 4 is 5.97 Å². The molecule has 3 rings (SSSR count). The first kappa shape index (κ1) is 12.6. The number of aromatic carboxylic acids is 1. The van der Waals surface area contributed by atoms with Gasteiger partial charge in [-0.1, -0.05) is 12.1 Å². The zero-order chi connectivity index (χ0) is 13.5. The number of hydrogen-bond acceptors (Lipinski definition) is 3. The number of carboxylic acids is 1. The number of likely N-dealkylation sites (tertiary alicyclic amines) is 1. The van der Waals surface area contributed by atoms with Crippen LogP contribution in [0.15, 0.2) is 24.3 Å². The number of nitrogens with zero attached hydrogens (tertiary/aromatic N) is 1. The van der Waals surface area contributed by atoms with Gasteiger partial charge in [0.2, 0.25) is 0 Å². The van der Waals surface area contributed by atoms with Crippen LogP contribution in [0.3, 0.4) is 0 Å². The van der Waals surface area contributed by atoms with Crippen LogP contribution in [0.1, 0.15) is 22.3 Å². The van der Waals surface area contributed by atoms with Gasteiger partial charge in [0.25, 0.3) is 0 Å². The third-order valence-corrected chi connectivity index (χ3v) is 4.58. The van der Waals surface area contributed by atoms with Crippen LogP contribution in [0.5, 0.6) is 0 Å². The van der Waals surface area contributed by atoms with E-state index < -0.39 is 5.97 Å². The highest BCUT2D eigenvalue weighted by Gasteiger charge is 2.48. The molecule has 1 N–H and O–H groups in total. The topological polar surface area (TPSA) is 49.8 Å². The number of benzene rings is 1. The van der Waals surface area contributed by atoms with Crippen LogP contribution in [0.4, 0.5) is 0 Å². The Morgan fingerprint density at radius 2 is 2.26 bits per heavy atom. The summed E-state index contributed by atoms with van der Waals surface area (Å²) in [5, 5.41) is 9.13. The van der Waals surface area contributed by atoms with E-state index in [1.165, 1.54) is 0 Å². The molecule has 19 heavy (non-hydrogen) atoms. The molecule has 0 aromatic heterocycles. The number of rotatable bonds is 3. The summed E-state index contributed by atoms with van der Waals surface area (Å²) in [4.78, 5) is 13.5. The fourth-order valence-electron chi connectivity index (χ4n) is 3.31. The van der Waals surface area contributed by atoms with Crippen molar-refractivity contribution in [3.63, 3.8) is 0 Å². The summed E-state index contributed by atoms with van der Waals surface area (Å²) in [6.07, 6.45) is 1.16. The molecule has 0 amide bonds.